The van der Waals surface area contributed by atoms with E-state index in [-0.39, 0.29) is 24.7 Å². The molecule has 2 aromatic carbocycles. The Morgan fingerprint density at radius 1 is 1.00 bits per heavy atom. The molecular weight excluding hydrogens is 540 g/mol. The van der Waals surface area contributed by atoms with Crippen LogP contribution in [0.1, 0.15) is 44.0 Å². The van der Waals surface area contributed by atoms with Gasteiger partial charge in [-0.05, 0) is 64.8 Å². The first-order chi connectivity index (χ1) is 18.4. The Bertz CT molecular complexity index is 1330. The van der Waals surface area contributed by atoms with E-state index in [2.05, 4.69) is 10.3 Å². The molecule has 9 nitrogen and oxygen atoms in total. The quantitative estimate of drug-likeness (QED) is 0.205. The predicted molar refractivity (Wildman–Crippen MR) is 151 cm³/mol. The topological polar surface area (TPSA) is 113 Å². The Kier molecular flexibility index (Phi) is 10.9. The van der Waals surface area contributed by atoms with E-state index in [1.165, 1.54) is 12.1 Å². The van der Waals surface area contributed by atoms with Crippen LogP contribution in [0.4, 0.5) is 4.79 Å². The van der Waals surface area contributed by atoms with Gasteiger partial charge in [-0.1, -0.05) is 29.8 Å². The molecule has 0 spiro atoms. The number of alkyl carbamates (subject to hydrolysis) is 1. The highest BCUT2D eigenvalue weighted by atomic mass is 32.2. The Balaban J connectivity index is 1.49. The van der Waals surface area contributed by atoms with Crippen LogP contribution >= 0.6 is 11.3 Å². The Morgan fingerprint density at radius 2 is 1.74 bits per heavy atom. The summed E-state index contributed by atoms with van der Waals surface area (Å²) in [4.78, 5) is 17.6. The fraction of sp³-hybridized carbons (Fsp3) is 0.429. The van der Waals surface area contributed by atoms with E-state index in [0.717, 1.165) is 27.3 Å². The van der Waals surface area contributed by atoms with Crippen LogP contribution in [-0.2, 0) is 30.3 Å². The van der Waals surface area contributed by atoms with Crippen molar-refractivity contribution in [2.75, 3.05) is 26.4 Å². The van der Waals surface area contributed by atoms with E-state index in [0.29, 0.717) is 25.4 Å². The summed E-state index contributed by atoms with van der Waals surface area (Å²) in [6.45, 7) is 10.4. The molecule has 39 heavy (non-hydrogen) atoms. The number of ether oxygens (including phenoxy) is 3. The molecule has 0 saturated heterocycles. The van der Waals surface area contributed by atoms with Crippen molar-refractivity contribution in [1.82, 2.24) is 10.3 Å². The zero-order chi connectivity index (χ0) is 28.5. The smallest absolute Gasteiger partial charge is 0.407 e. The second-order valence-electron chi connectivity index (χ2n) is 9.85. The van der Waals surface area contributed by atoms with Gasteiger partial charge >= 0.3 is 6.09 Å². The van der Waals surface area contributed by atoms with Crippen LogP contribution in [0.25, 0.3) is 10.4 Å². The number of nitrogens with one attached hydrogen (secondary N) is 1. The van der Waals surface area contributed by atoms with Crippen molar-refractivity contribution < 1.29 is 31.6 Å². The highest BCUT2D eigenvalue weighted by molar-refractivity contribution is 7.86. The van der Waals surface area contributed by atoms with Gasteiger partial charge in [0.05, 0.1) is 34.2 Å². The van der Waals surface area contributed by atoms with Gasteiger partial charge in [0.15, 0.2) is 0 Å². The van der Waals surface area contributed by atoms with Crippen LogP contribution in [0.2, 0.25) is 0 Å². The Labute approximate surface area is 234 Å². The lowest BCUT2D eigenvalue weighted by Crippen LogP contribution is -2.32. The van der Waals surface area contributed by atoms with Crippen molar-refractivity contribution in [2.24, 2.45) is 0 Å². The normalized spacial score (nSPS) is 11.8. The molecule has 11 heteroatoms. The summed E-state index contributed by atoms with van der Waals surface area (Å²) >= 11 is 1.55. The standard InChI is InChI=1S/C28H36N2O7S2/c1-20-7-11-24(12-8-20)39(32,33)36-14-6-13-34-15-16-35-25-17-22(26-21(2)30-19-38-26)9-10-23(25)18-29-27(31)37-28(3,4)5/h7-12,17,19H,6,13-16,18H2,1-5H3,(H,29,31). The van der Waals surface area contributed by atoms with Crippen LogP contribution in [0, 0.1) is 13.8 Å². The molecule has 212 valence electrons. The number of rotatable bonds is 13. The van der Waals surface area contributed by atoms with E-state index in [1.807, 2.05) is 52.8 Å². The Morgan fingerprint density at radius 3 is 2.41 bits per heavy atom. The number of hydrogen-bond acceptors (Lipinski definition) is 9. The molecule has 3 aromatic rings. The van der Waals surface area contributed by atoms with Gasteiger partial charge in [-0.2, -0.15) is 8.42 Å². The van der Waals surface area contributed by atoms with Gasteiger partial charge in [-0.25, -0.2) is 9.78 Å². The van der Waals surface area contributed by atoms with Gasteiger partial charge in [-0.15, -0.1) is 11.3 Å². The molecule has 0 atom stereocenters. The summed E-state index contributed by atoms with van der Waals surface area (Å²) in [5.74, 6) is 0.618. The summed E-state index contributed by atoms with van der Waals surface area (Å²) in [7, 11) is -3.79. The van der Waals surface area contributed by atoms with Gasteiger partial charge in [-0.3, -0.25) is 4.18 Å². The lowest BCUT2D eigenvalue weighted by molar-refractivity contribution is 0.0522. The van der Waals surface area contributed by atoms with Gasteiger partial charge < -0.3 is 19.5 Å². The van der Waals surface area contributed by atoms with E-state index in [9.17, 15) is 13.2 Å². The van der Waals surface area contributed by atoms with Crippen LogP contribution in [0.5, 0.6) is 5.75 Å². The Hall–Kier alpha value is -2.99. The highest BCUT2D eigenvalue weighted by Crippen LogP contribution is 2.32. The predicted octanol–water partition coefficient (Wildman–Crippen LogP) is 5.64. The molecule has 1 heterocycles. The molecule has 0 aliphatic rings. The maximum absolute atomic E-state index is 12.2. The SMILES string of the molecule is Cc1ccc(S(=O)(=O)OCCCOCCOc2cc(-c3scnc3C)ccc2CNC(=O)OC(C)(C)C)cc1. The summed E-state index contributed by atoms with van der Waals surface area (Å²) in [6.07, 6.45) is -0.0956. The molecule has 0 aliphatic carbocycles. The van der Waals surface area contributed by atoms with Crippen molar-refractivity contribution in [3.8, 4) is 16.2 Å². The van der Waals surface area contributed by atoms with Crippen molar-refractivity contribution in [3.63, 3.8) is 0 Å². The van der Waals surface area contributed by atoms with Gasteiger partial charge in [0.1, 0.15) is 18.0 Å². The maximum Gasteiger partial charge on any atom is 0.407 e. The summed E-state index contributed by atoms with van der Waals surface area (Å²) in [5.41, 5.74) is 4.87. The maximum atomic E-state index is 12.2. The average Bonchev–Trinajstić information content (AvgIpc) is 3.29. The third kappa shape index (κ3) is 9.92. The molecule has 0 radical (unpaired) electrons. The molecule has 3 rings (SSSR count). The molecule has 0 unspecified atom stereocenters. The lowest BCUT2D eigenvalue weighted by atomic mass is 10.1. The number of aryl methyl sites for hydroxylation is 2. The third-order valence-electron chi connectivity index (χ3n) is 5.36. The van der Waals surface area contributed by atoms with E-state index < -0.39 is 21.8 Å². The molecule has 0 aliphatic heterocycles. The summed E-state index contributed by atoms with van der Waals surface area (Å²) in [6, 6.07) is 12.3. The van der Waals surface area contributed by atoms with Crippen LogP contribution < -0.4 is 10.1 Å². The van der Waals surface area contributed by atoms with E-state index >= 15 is 0 Å². The molecule has 0 fully saturated rings. The molecule has 1 amide bonds. The number of aromatic nitrogens is 1. The minimum absolute atomic E-state index is 0.0216. The number of hydrogen-bond donors (Lipinski definition) is 1. The number of thiazole rings is 1. The average molecular weight is 577 g/mol. The second kappa shape index (κ2) is 13.9. The molecule has 0 saturated carbocycles. The zero-order valence-electron chi connectivity index (χ0n) is 23.0. The first-order valence-electron chi connectivity index (χ1n) is 12.6. The second-order valence-corrected chi connectivity index (χ2v) is 12.3. The molecular formula is C28H36N2O7S2. The number of amides is 1. The van der Waals surface area contributed by atoms with Crippen molar-refractivity contribution in [3.05, 3.63) is 64.8 Å². The van der Waals surface area contributed by atoms with Crippen LogP contribution in [0.15, 0.2) is 52.9 Å². The fourth-order valence-electron chi connectivity index (χ4n) is 3.45. The number of carbonyl (C=O) groups excluding carboxylic acids is 1. The van der Waals surface area contributed by atoms with Gasteiger partial charge in [0.25, 0.3) is 10.1 Å². The first kappa shape index (κ1) is 30.6. The lowest BCUT2D eigenvalue weighted by Gasteiger charge is -2.20. The first-order valence-corrected chi connectivity index (χ1v) is 14.9. The van der Waals surface area contributed by atoms with Crippen LogP contribution in [0.3, 0.4) is 0 Å². The van der Waals surface area contributed by atoms with Gasteiger partial charge in [0, 0.05) is 18.7 Å². The largest absolute Gasteiger partial charge is 0.491 e. The van der Waals surface area contributed by atoms with E-state index in [1.54, 1.807) is 29.0 Å². The van der Waals surface area contributed by atoms with E-state index in [4.69, 9.17) is 18.4 Å². The highest BCUT2D eigenvalue weighted by Gasteiger charge is 2.17. The third-order valence-corrected chi connectivity index (χ3v) is 7.67. The minimum atomic E-state index is -3.79. The number of carbonyl (C=O) groups is 1. The summed E-state index contributed by atoms with van der Waals surface area (Å²) in [5, 5.41) is 2.77. The van der Waals surface area contributed by atoms with Crippen LogP contribution in [-0.4, -0.2) is 51.5 Å². The van der Waals surface area contributed by atoms with Crippen molar-refractivity contribution in [1.29, 1.82) is 0 Å². The molecule has 1 aromatic heterocycles. The van der Waals surface area contributed by atoms with Crippen molar-refractivity contribution >= 4 is 27.5 Å². The van der Waals surface area contributed by atoms with Crippen molar-refractivity contribution in [2.45, 2.75) is 58.1 Å². The number of benzene rings is 2. The van der Waals surface area contributed by atoms with Gasteiger partial charge in [0.2, 0.25) is 0 Å². The molecule has 0 bridgehead atoms. The number of nitrogens with zero attached hydrogens (tertiary/aromatic N) is 1. The monoisotopic (exact) mass is 576 g/mol. The molecule has 1 N–H and O–H groups in total. The zero-order valence-corrected chi connectivity index (χ0v) is 24.6. The summed E-state index contributed by atoms with van der Waals surface area (Å²) < 4.78 is 46.5. The minimum Gasteiger partial charge on any atom is -0.491 e. The fourth-order valence-corrected chi connectivity index (χ4v) is 5.20.